The summed E-state index contributed by atoms with van der Waals surface area (Å²) in [6, 6.07) is 15.9. The maximum absolute atomic E-state index is 12.7. The van der Waals surface area contributed by atoms with Gasteiger partial charge in [-0.1, -0.05) is 30.3 Å². The number of hydrogen-bond acceptors (Lipinski definition) is 3. The first-order chi connectivity index (χ1) is 13.6. The van der Waals surface area contributed by atoms with Crippen molar-refractivity contribution in [2.75, 3.05) is 0 Å². The number of amides is 1. The van der Waals surface area contributed by atoms with Gasteiger partial charge in [-0.05, 0) is 48.7 Å². The van der Waals surface area contributed by atoms with Crippen molar-refractivity contribution in [1.82, 2.24) is 14.7 Å². The van der Waals surface area contributed by atoms with Crippen LogP contribution in [0.5, 0.6) is 0 Å². The number of nitrogens with one attached hydrogen (secondary N) is 1. The Kier molecular flexibility index (Phi) is 4.98. The van der Waals surface area contributed by atoms with Gasteiger partial charge >= 0.3 is 0 Å². The number of aromatic nitrogens is 2. The summed E-state index contributed by atoms with van der Waals surface area (Å²) in [6.45, 7) is 4.51. The van der Waals surface area contributed by atoms with Crippen molar-refractivity contribution in [2.45, 2.75) is 32.7 Å². The fraction of sp³-hybridized carbons (Fsp3) is 0.217. The Hall–Kier alpha value is -3.34. The minimum atomic E-state index is -0.0883. The number of furan rings is 1. The molecule has 1 unspecified atom stereocenters. The highest BCUT2D eigenvalue weighted by Gasteiger charge is 2.23. The highest BCUT2D eigenvalue weighted by atomic mass is 16.3. The van der Waals surface area contributed by atoms with Crippen LogP contribution in [-0.2, 0) is 11.3 Å². The molecule has 0 saturated heterocycles. The van der Waals surface area contributed by atoms with Crippen molar-refractivity contribution < 1.29 is 9.21 Å². The molecular formula is C23H23N3O2. The lowest BCUT2D eigenvalue weighted by Crippen LogP contribution is -2.25. The summed E-state index contributed by atoms with van der Waals surface area (Å²) < 4.78 is 7.40. The van der Waals surface area contributed by atoms with Crippen molar-refractivity contribution in [1.29, 1.82) is 0 Å². The molecule has 28 heavy (non-hydrogen) atoms. The van der Waals surface area contributed by atoms with Crippen LogP contribution >= 0.6 is 0 Å². The van der Waals surface area contributed by atoms with E-state index < -0.39 is 0 Å². The summed E-state index contributed by atoms with van der Waals surface area (Å²) in [5, 5.41) is 2.96. The van der Waals surface area contributed by atoms with Crippen LogP contribution in [0.4, 0.5) is 0 Å². The Morgan fingerprint density at radius 3 is 2.71 bits per heavy atom. The molecule has 142 valence electrons. The molecule has 0 radical (unpaired) electrons. The second kappa shape index (κ2) is 7.72. The number of carbonyl (C=O) groups is 1. The fourth-order valence-corrected chi connectivity index (χ4v) is 3.64. The van der Waals surface area contributed by atoms with Gasteiger partial charge in [-0.25, -0.2) is 4.98 Å². The zero-order valence-corrected chi connectivity index (χ0v) is 16.1. The van der Waals surface area contributed by atoms with E-state index >= 15 is 0 Å². The highest BCUT2D eigenvalue weighted by Crippen LogP contribution is 2.31. The van der Waals surface area contributed by atoms with Gasteiger partial charge in [-0.15, -0.1) is 0 Å². The highest BCUT2D eigenvalue weighted by molar-refractivity contribution is 5.77. The summed E-state index contributed by atoms with van der Waals surface area (Å²) >= 11 is 0. The van der Waals surface area contributed by atoms with Gasteiger partial charge in [0.05, 0.1) is 18.5 Å². The first-order valence-electron chi connectivity index (χ1n) is 9.40. The smallest absolute Gasteiger partial charge is 0.221 e. The summed E-state index contributed by atoms with van der Waals surface area (Å²) in [5.41, 5.74) is 5.35. The molecule has 4 rings (SSSR count). The van der Waals surface area contributed by atoms with Crippen LogP contribution in [0, 0.1) is 13.8 Å². The average Bonchev–Trinajstić information content (AvgIpc) is 3.36. The predicted molar refractivity (Wildman–Crippen MR) is 108 cm³/mol. The van der Waals surface area contributed by atoms with E-state index in [1.54, 1.807) is 6.26 Å². The van der Waals surface area contributed by atoms with Crippen molar-refractivity contribution in [3.8, 4) is 0 Å². The number of aryl methyl sites for hydroxylation is 2. The van der Waals surface area contributed by atoms with E-state index in [9.17, 15) is 4.79 Å². The standard InChI is InChI=1S/C23H23N3O2/c1-16-7-3-4-10-19(16)20(13-22(27)24-14-18-9-6-12-28-18)21-15-25-23-17(2)8-5-11-26(21)23/h3-12,15,20H,13-14H2,1-2H3,(H,24,27). The third kappa shape index (κ3) is 3.56. The molecule has 1 atom stereocenters. The molecule has 3 heterocycles. The monoisotopic (exact) mass is 373 g/mol. The SMILES string of the molecule is Cc1ccccc1C(CC(=O)NCc1ccco1)c1cnc2c(C)cccn12. The second-order valence-corrected chi connectivity index (χ2v) is 7.04. The first-order valence-corrected chi connectivity index (χ1v) is 9.40. The van der Waals surface area contributed by atoms with Gasteiger partial charge in [0, 0.05) is 24.7 Å². The minimum absolute atomic E-state index is 0.0211. The van der Waals surface area contributed by atoms with E-state index in [4.69, 9.17) is 4.42 Å². The summed E-state index contributed by atoms with van der Waals surface area (Å²) in [7, 11) is 0. The number of imidazole rings is 1. The van der Waals surface area contributed by atoms with Crippen LogP contribution < -0.4 is 5.32 Å². The Bertz CT molecular complexity index is 1100. The van der Waals surface area contributed by atoms with Crippen molar-refractivity contribution in [2.24, 2.45) is 0 Å². The molecule has 0 aliphatic heterocycles. The van der Waals surface area contributed by atoms with Gasteiger partial charge in [0.15, 0.2) is 0 Å². The fourth-order valence-electron chi connectivity index (χ4n) is 3.64. The largest absolute Gasteiger partial charge is 0.467 e. The number of carbonyl (C=O) groups excluding carboxylic acids is 1. The van der Waals surface area contributed by atoms with Crippen LogP contribution in [-0.4, -0.2) is 15.3 Å². The number of rotatable bonds is 6. The summed E-state index contributed by atoms with van der Waals surface area (Å²) in [5.74, 6) is 0.632. The molecule has 0 aliphatic rings. The Labute approximate surface area is 164 Å². The normalized spacial score (nSPS) is 12.2. The van der Waals surface area contributed by atoms with Gasteiger partial charge in [-0.3, -0.25) is 4.79 Å². The molecule has 1 N–H and O–H groups in total. The van der Waals surface area contributed by atoms with Gasteiger partial charge in [0.1, 0.15) is 11.4 Å². The molecule has 0 saturated carbocycles. The molecule has 0 fully saturated rings. The van der Waals surface area contributed by atoms with Crippen LogP contribution in [0.2, 0.25) is 0 Å². The molecule has 1 aromatic carbocycles. The molecule has 0 spiro atoms. The van der Waals surface area contributed by atoms with E-state index in [0.717, 1.165) is 33.8 Å². The quantitative estimate of drug-likeness (QED) is 0.545. The molecule has 0 bridgehead atoms. The van der Waals surface area contributed by atoms with Crippen LogP contribution in [0.3, 0.4) is 0 Å². The van der Waals surface area contributed by atoms with Crippen LogP contribution in [0.15, 0.2) is 71.6 Å². The molecule has 5 heteroatoms. The number of benzene rings is 1. The number of nitrogens with zero attached hydrogens (tertiary/aromatic N) is 2. The summed E-state index contributed by atoms with van der Waals surface area (Å²) in [4.78, 5) is 17.4. The zero-order chi connectivity index (χ0) is 19.5. The van der Waals surface area contributed by atoms with Gasteiger partial charge in [0.25, 0.3) is 0 Å². The third-order valence-electron chi connectivity index (χ3n) is 5.11. The lowest BCUT2D eigenvalue weighted by atomic mass is 9.89. The van der Waals surface area contributed by atoms with Crippen molar-refractivity contribution in [3.63, 3.8) is 0 Å². The van der Waals surface area contributed by atoms with Crippen LogP contribution in [0.1, 0.15) is 40.5 Å². The summed E-state index contributed by atoms with van der Waals surface area (Å²) in [6.07, 6.45) is 5.85. The molecule has 1 amide bonds. The Morgan fingerprint density at radius 2 is 1.93 bits per heavy atom. The maximum atomic E-state index is 12.7. The van der Waals surface area contributed by atoms with Gasteiger partial charge in [-0.2, -0.15) is 0 Å². The average molecular weight is 373 g/mol. The lowest BCUT2D eigenvalue weighted by Gasteiger charge is -2.19. The molecule has 0 aliphatic carbocycles. The maximum Gasteiger partial charge on any atom is 0.221 e. The number of fused-ring (bicyclic) bond motifs is 1. The third-order valence-corrected chi connectivity index (χ3v) is 5.11. The molecular weight excluding hydrogens is 350 g/mol. The number of pyridine rings is 1. The molecule has 3 aromatic heterocycles. The van der Waals surface area contributed by atoms with Gasteiger partial charge < -0.3 is 14.1 Å². The van der Waals surface area contributed by atoms with E-state index in [1.807, 2.05) is 55.7 Å². The van der Waals surface area contributed by atoms with Crippen molar-refractivity contribution in [3.05, 3.63) is 95.3 Å². The van der Waals surface area contributed by atoms with Crippen LogP contribution in [0.25, 0.3) is 5.65 Å². The van der Waals surface area contributed by atoms with E-state index in [-0.39, 0.29) is 11.8 Å². The second-order valence-electron chi connectivity index (χ2n) is 7.04. The Morgan fingerprint density at radius 1 is 1.11 bits per heavy atom. The topological polar surface area (TPSA) is 59.5 Å². The predicted octanol–water partition coefficient (Wildman–Crippen LogP) is 4.38. The van der Waals surface area contributed by atoms with E-state index in [2.05, 4.69) is 33.8 Å². The van der Waals surface area contributed by atoms with E-state index in [1.165, 1.54) is 0 Å². The molecule has 5 nitrogen and oxygen atoms in total. The first kappa shape index (κ1) is 18.0. The zero-order valence-electron chi connectivity index (χ0n) is 16.1. The lowest BCUT2D eigenvalue weighted by molar-refractivity contribution is -0.121. The minimum Gasteiger partial charge on any atom is -0.467 e. The Balaban J connectivity index is 1.67. The van der Waals surface area contributed by atoms with Gasteiger partial charge in [0.2, 0.25) is 5.91 Å². The van der Waals surface area contributed by atoms with Crippen molar-refractivity contribution >= 4 is 11.6 Å². The molecule has 4 aromatic rings. The van der Waals surface area contributed by atoms with E-state index in [0.29, 0.717) is 13.0 Å². The number of hydrogen-bond donors (Lipinski definition) is 1.